The Bertz CT molecular complexity index is 220. The third-order valence-corrected chi connectivity index (χ3v) is 3.40. The third-order valence-electron chi connectivity index (χ3n) is 3.40. The van der Waals surface area contributed by atoms with E-state index in [0.29, 0.717) is 5.92 Å². The van der Waals surface area contributed by atoms with Crippen molar-refractivity contribution in [3.63, 3.8) is 0 Å². The van der Waals surface area contributed by atoms with Crippen LogP contribution in [0, 0.1) is 11.8 Å². The topological polar surface area (TPSA) is 23.6 Å². The van der Waals surface area contributed by atoms with E-state index in [1.54, 1.807) is 6.92 Å². The molecule has 0 spiro atoms. The average Bonchev–Trinajstić information content (AvgIpc) is 2.20. The SMILES string of the molecule is CC(=O)N(C)CC1CCN(CC(C)C)CC1. The second kappa shape index (κ2) is 6.24. The zero-order valence-corrected chi connectivity index (χ0v) is 11.2. The zero-order chi connectivity index (χ0) is 12.1. The molecule has 1 aliphatic rings. The normalized spacial score (nSPS) is 19.1. The molecule has 1 rings (SSSR count). The van der Waals surface area contributed by atoms with E-state index in [1.165, 1.54) is 32.5 Å². The van der Waals surface area contributed by atoms with Gasteiger partial charge in [-0.1, -0.05) is 13.8 Å². The molecule has 0 unspecified atom stereocenters. The molecular formula is C13H26N2O. The Kier molecular flexibility index (Phi) is 5.26. The molecule has 3 heteroatoms. The predicted molar refractivity (Wildman–Crippen MR) is 67.3 cm³/mol. The first-order valence-electron chi connectivity index (χ1n) is 6.43. The van der Waals surface area contributed by atoms with Crippen molar-refractivity contribution in [2.24, 2.45) is 11.8 Å². The minimum atomic E-state index is 0.185. The summed E-state index contributed by atoms with van der Waals surface area (Å²) in [6.07, 6.45) is 2.48. The summed E-state index contributed by atoms with van der Waals surface area (Å²) in [5, 5.41) is 0. The van der Waals surface area contributed by atoms with Crippen LogP contribution in [0.2, 0.25) is 0 Å². The van der Waals surface area contributed by atoms with Crippen molar-refractivity contribution < 1.29 is 4.79 Å². The highest BCUT2D eigenvalue weighted by atomic mass is 16.2. The highest BCUT2D eigenvalue weighted by molar-refractivity contribution is 5.72. The molecule has 0 aromatic carbocycles. The Hall–Kier alpha value is -0.570. The molecule has 0 bridgehead atoms. The second-order valence-electron chi connectivity index (χ2n) is 5.54. The second-order valence-corrected chi connectivity index (χ2v) is 5.54. The van der Waals surface area contributed by atoms with E-state index in [0.717, 1.165) is 12.5 Å². The fraction of sp³-hybridized carbons (Fsp3) is 0.923. The largest absolute Gasteiger partial charge is 0.346 e. The number of hydrogen-bond acceptors (Lipinski definition) is 2. The van der Waals surface area contributed by atoms with Gasteiger partial charge in [-0.15, -0.1) is 0 Å². The lowest BCUT2D eigenvalue weighted by molar-refractivity contribution is -0.128. The number of likely N-dealkylation sites (tertiary alicyclic amines) is 1. The number of piperidine rings is 1. The fourth-order valence-corrected chi connectivity index (χ4v) is 2.38. The van der Waals surface area contributed by atoms with Gasteiger partial charge in [-0.25, -0.2) is 0 Å². The third kappa shape index (κ3) is 4.52. The lowest BCUT2D eigenvalue weighted by atomic mass is 9.95. The van der Waals surface area contributed by atoms with E-state index in [4.69, 9.17) is 0 Å². The number of carbonyl (C=O) groups excluding carboxylic acids is 1. The Balaban J connectivity index is 2.24. The van der Waals surface area contributed by atoms with Crippen LogP contribution in [0.4, 0.5) is 0 Å². The highest BCUT2D eigenvalue weighted by Crippen LogP contribution is 2.18. The highest BCUT2D eigenvalue weighted by Gasteiger charge is 2.21. The molecule has 0 aromatic heterocycles. The van der Waals surface area contributed by atoms with Gasteiger partial charge in [0.2, 0.25) is 5.91 Å². The number of amides is 1. The van der Waals surface area contributed by atoms with Crippen LogP contribution < -0.4 is 0 Å². The van der Waals surface area contributed by atoms with Crippen LogP contribution >= 0.6 is 0 Å². The molecule has 3 nitrogen and oxygen atoms in total. The molecule has 1 aliphatic heterocycles. The molecule has 1 heterocycles. The maximum atomic E-state index is 11.1. The van der Waals surface area contributed by atoms with Crippen LogP contribution in [-0.4, -0.2) is 48.9 Å². The minimum absolute atomic E-state index is 0.185. The number of hydrogen-bond donors (Lipinski definition) is 0. The predicted octanol–water partition coefficient (Wildman–Crippen LogP) is 1.83. The van der Waals surface area contributed by atoms with E-state index in [9.17, 15) is 4.79 Å². The van der Waals surface area contributed by atoms with Crippen LogP contribution in [-0.2, 0) is 4.79 Å². The number of carbonyl (C=O) groups is 1. The molecule has 0 atom stereocenters. The van der Waals surface area contributed by atoms with E-state index < -0.39 is 0 Å². The summed E-state index contributed by atoms with van der Waals surface area (Å²) >= 11 is 0. The summed E-state index contributed by atoms with van der Waals surface area (Å²) in [6.45, 7) is 10.8. The molecular weight excluding hydrogens is 200 g/mol. The number of nitrogens with zero attached hydrogens (tertiary/aromatic N) is 2. The molecule has 1 amide bonds. The quantitative estimate of drug-likeness (QED) is 0.730. The molecule has 1 fully saturated rings. The van der Waals surface area contributed by atoms with Crippen LogP contribution in [0.5, 0.6) is 0 Å². The van der Waals surface area contributed by atoms with Crippen molar-refractivity contribution in [2.45, 2.75) is 33.6 Å². The smallest absolute Gasteiger partial charge is 0.219 e. The summed E-state index contributed by atoms with van der Waals surface area (Å²) in [7, 11) is 1.91. The van der Waals surface area contributed by atoms with Crippen molar-refractivity contribution in [2.75, 3.05) is 33.2 Å². The monoisotopic (exact) mass is 226 g/mol. The van der Waals surface area contributed by atoms with Gasteiger partial charge in [-0.3, -0.25) is 4.79 Å². The van der Waals surface area contributed by atoms with Gasteiger partial charge in [0, 0.05) is 27.1 Å². The van der Waals surface area contributed by atoms with Gasteiger partial charge < -0.3 is 9.80 Å². The Labute approximate surface area is 99.8 Å². The Morgan fingerprint density at radius 3 is 2.38 bits per heavy atom. The van der Waals surface area contributed by atoms with Crippen molar-refractivity contribution >= 4 is 5.91 Å². The summed E-state index contributed by atoms with van der Waals surface area (Å²) in [6, 6.07) is 0. The van der Waals surface area contributed by atoms with Crippen LogP contribution in [0.1, 0.15) is 33.6 Å². The van der Waals surface area contributed by atoms with E-state index in [2.05, 4.69) is 18.7 Å². The minimum Gasteiger partial charge on any atom is -0.346 e. The van der Waals surface area contributed by atoms with Gasteiger partial charge in [0.1, 0.15) is 0 Å². The lowest BCUT2D eigenvalue weighted by Gasteiger charge is -2.34. The van der Waals surface area contributed by atoms with Gasteiger partial charge in [0.25, 0.3) is 0 Å². The Morgan fingerprint density at radius 1 is 1.38 bits per heavy atom. The van der Waals surface area contributed by atoms with Crippen LogP contribution in [0.3, 0.4) is 0 Å². The van der Waals surface area contributed by atoms with Gasteiger partial charge in [0.05, 0.1) is 0 Å². The molecule has 0 N–H and O–H groups in total. The van der Waals surface area contributed by atoms with E-state index >= 15 is 0 Å². The fourth-order valence-electron chi connectivity index (χ4n) is 2.38. The molecule has 0 saturated carbocycles. The van der Waals surface area contributed by atoms with Gasteiger partial charge in [-0.2, -0.15) is 0 Å². The average molecular weight is 226 g/mol. The van der Waals surface area contributed by atoms with Gasteiger partial charge in [-0.05, 0) is 37.8 Å². The Morgan fingerprint density at radius 2 is 1.94 bits per heavy atom. The summed E-state index contributed by atoms with van der Waals surface area (Å²) in [5.41, 5.74) is 0. The number of rotatable bonds is 4. The van der Waals surface area contributed by atoms with Crippen molar-refractivity contribution in [1.82, 2.24) is 9.80 Å². The summed E-state index contributed by atoms with van der Waals surface area (Å²) < 4.78 is 0. The summed E-state index contributed by atoms with van der Waals surface area (Å²) in [5.74, 6) is 1.65. The van der Waals surface area contributed by atoms with Gasteiger partial charge >= 0.3 is 0 Å². The summed E-state index contributed by atoms with van der Waals surface area (Å²) in [4.78, 5) is 15.5. The molecule has 0 aliphatic carbocycles. The first-order valence-corrected chi connectivity index (χ1v) is 6.43. The van der Waals surface area contributed by atoms with Crippen LogP contribution in [0.15, 0.2) is 0 Å². The maximum absolute atomic E-state index is 11.1. The van der Waals surface area contributed by atoms with E-state index in [-0.39, 0.29) is 5.91 Å². The molecule has 0 aromatic rings. The zero-order valence-electron chi connectivity index (χ0n) is 11.2. The lowest BCUT2D eigenvalue weighted by Crippen LogP contribution is -2.40. The molecule has 94 valence electrons. The molecule has 16 heavy (non-hydrogen) atoms. The first kappa shape index (κ1) is 13.5. The first-order chi connectivity index (χ1) is 7.49. The van der Waals surface area contributed by atoms with E-state index in [1.807, 2.05) is 11.9 Å². The standard InChI is InChI=1S/C13H26N2O/c1-11(2)9-15-7-5-13(6-8-15)10-14(4)12(3)16/h11,13H,5-10H2,1-4H3. The van der Waals surface area contributed by atoms with Crippen LogP contribution in [0.25, 0.3) is 0 Å². The van der Waals surface area contributed by atoms with Gasteiger partial charge in [0.15, 0.2) is 0 Å². The van der Waals surface area contributed by atoms with Crippen molar-refractivity contribution in [3.05, 3.63) is 0 Å². The van der Waals surface area contributed by atoms with Crippen molar-refractivity contribution in [1.29, 1.82) is 0 Å². The maximum Gasteiger partial charge on any atom is 0.219 e. The molecule has 1 saturated heterocycles. The van der Waals surface area contributed by atoms with Crippen molar-refractivity contribution in [3.8, 4) is 0 Å². The molecule has 0 radical (unpaired) electrons.